The molecule has 1 saturated carbocycles. The Morgan fingerprint density at radius 3 is 2.47 bits per heavy atom. The summed E-state index contributed by atoms with van der Waals surface area (Å²) in [5.74, 6) is 1.87. The van der Waals surface area contributed by atoms with Crippen molar-refractivity contribution in [1.29, 1.82) is 0 Å². The number of likely N-dealkylation sites (tertiary alicyclic amines) is 1. The number of hydrogen-bond acceptors (Lipinski definition) is 4. The number of hydrogen-bond donors (Lipinski definition) is 0. The largest absolute Gasteiger partial charge is 0.492 e. The molecule has 1 atom stereocenters. The SMILES string of the molecule is O=C(CC1CCCC1)N1CCCC(COc2ccccc2C(=O)N2CCOCC2)C1. The van der Waals surface area contributed by atoms with Gasteiger partial charge in [-0.2, -0.15) is 0 Å². The van der Waals surface area contributed by atoms with Gasteiger partial charge in [-0.25, -0.2) is 0 Å². The molecule has 164 valence electrons. The highest BCUT2D eigenvalue weighted by Crippen LogP contribution is 2.29. The number of ether oxygens (including phenoxy) is 2. The number of carbonyl (C=O) groups is 2. The molecular formula is C24H34N2O4. The average molecular weight is 415 g/mol. The molecule has 3 fully saturated rings. The lowest BCUT2D eigenvalue weighted by molar-refractivity contribution is -0.134. The van der Waals surface area contributed by atoms with Gasteiger partial charge in [-0.05, 0) is 43.7 Å². The fourth-order valence-corrected chi connectivity index (χ4v) is 4.93. The van der Waals surface area contributed by atoms with Crippen LogP contribution >= 0.6 is 0 Å². The van der Waals surface area contributed by atoms with E-state index in [0.29, 0.717) is 68.4 Å². The number of morpholine rings is 1. The average Bonchev–Trinajstić information content (AvgIpc) is 3.31. The zero-order valence-electron chi connectivity index (χ0n) is 17.9. The maximum atomic E-state index is 12.9. The lowest BCUT2D eigenvalue weighted by Gasteiger charge is -2.33. The molecule has 1 aromatic carbocycles. The second kappa shape index (κ2) is 10.3. The number of para-hydroxylation sites is 1. The van der Waals surface area contributed by atoms with Crippen molar-refractivity contribution in [2.45, 2.75) is 44.9 Å². The van der Waals surface area contributed by atoms with E-state index in [2.05, 4.69) is 0 Å². The summed E-state index contributed by atoms with van der Waals surface area (Å²) in [6.07, 6.45) is 7.77. The quantitative estimate of drug-likeness (QED) is 0.716. The highest BCUT2D eigenvalue weighted by molar-refractivity contribution is 5.97. The molecule has 6 heteroatoms. The molecule has 30 heavy (non-hydrogen) atoms. The van der Waals surface area contributed by atoms with E-state index in [-0.39, 0.29) is 5.91 Å². The van der Waals surface area contributed by atoms with Crippen LogP contribution in [0.15, 0.2) is 24.3 Å². The summed E-state index contributed by atoms with van der Waals surface area (Å²) in [6.45, 7) is 4.59. The topological polar surface area (TPSA) is 59.1 Å². The van der Waals surface area contributed by atoms with E-state index in [1.165, 1.54) is 25.7 Å². The molecule has 0 aromatic heterocycles. The van der Waals surface area contributed by atoms with Crippen LogP contribution in [0.4, 0.5) is 0 Å². The van der Waals surface area contributed by atoms with E-state index >= 15 is 0 Å². The second-order valence-corrected chi connectivity index (χ2v) is 8.91. The van der Waals surface area contributed by atoms with Crippen LogP contribution in [0.3, 0.4) is 0 Å². The first-order valence-electron chi connectivity index (χ1n) is 11.6. The summed E-state index contributed by atoms with van der Waals surface area (Å²) in [5, 5.41) is 0. The van der Waals surface area contributed by atoms with Crippen LogP contribution in [-0.4, -0.2) is 67.6 Å². The van der Waals surface area contributed by atoms with Crippen LogP contribution < -0.4 is 4.74 Å². The molecule has 1 unspecified atom stereocenters. The van der Waals surface area contributed by atoms with Crippen LogP contribution in [0.1, 0.15) is 55.3 Å². The first kappa shape index (κ1) is 21.2. The number of nitrogens with zero attached hydrogens (tertiary/aromatic N) is 2. The van der Waals surface area contributed by atoms with Crippen molar-refractivity contribution in [2.24, 2.45) is 11.8 Å². The predicted octanol–water partition coefficient (Wildman–Crippen LogP) is 3.36. The zero-order chi connectivity index (χ0) is 20.8. The summed E-state index contributed by atoms with van der Waals surface area (Å²) in [6, 6.07) is 7.50. The van der Waals surface area contributed by atoms with Crippen molar-refractivity contribution < 1.29 is 19.1 Å². The van der Waals surface area contributed by atoms with E-state index in [4.69, 9.17) is 9.47 Å². The minimum Gasteiger partial charge on any atom is -0.492 e. The van der Waals surface area contributed by atoms with Gasteiger partial charge in [0.15, 0.2) is 0 Å². The molecule has 2 aliphatic heterocycles. The molecule has 6 nitrogen and oxygen atoms in total. The molecule has 4 rings (SSSR count). The highest BCUT2D eigenvalue weighted by atomic mass is 16.5. The van der Waals surface area contributed by atoms with Crippen molar-refractivity contribution in [1.82, 2.24) is 9.80 Å². The summed E-state index contributed by atoms with van der Waals surface area (Å²) in [5.41, 5.74) is 0.615. The number of carbonyl (C=O) groups excluding carboxylic acids is 2. The maximum Gasteiger partial charge on any atom is 0.257 e. The molecule has 0 N–H and O–H groups in total. The Labute approximate surface area is 179 Å². The molecule has 1 aromatic rings. The maximum absolute atomic E-state index is 12.9. The third-order valence-corrected chi connectivity index (χ3v) is 6.70. The summed E-state index contributed by atoms with van der Waals surface area (Å²) in [7, 11) is 0. The fraction of sp³-hybridized carbons (Fsp3) is 0.667. The van der Waals surface area contributed by atoms with Crippen molar-refractivity contribution in [3.05, 3.63) is 29.8 Å². The Bertz CT molecular complexity index is 726. The molecule has 3 aliphatic rings. The molecule has 2 heterocycles. The van der Waals surface area contributed by atoms with E-state index in [1.807, 2.05) is 34.1 Å². The minimum atomic E-state index is 0.00547. The predicted molar refractivity (Wildman–Crippen MR) is 115 cm³/mol. The van der Waals surface area contributed by atoms with Crippen molar-refractivity contribution in [3.8, 4) is 5.75 Å². The third kappa shape index (κ3) is 5.34. The van der Waals surface area contributed by atoms with Gasteiger partial charge in [-0.1, -0.05) is 25.0 Å². The highest BCUT2D eigenvalue weighted by Gasteiger charge is 2.28. The van der Waals surface area contributed by atoms with Gasteiger partial charge < -0.3 is 19.3 Å². The minimum absolute atomic E-state index is 0.00547. The van der Waals surface area contributed by atoms with Gasteiger partial charge in [0.1, 0.15) is 5.75 Å². The molecule has 0 spiro atoms. The van der Waals surface area contributed by atoms with E-state index in [1.54, 1.807) is 0 Å². The second-order valence-electron chi connectivity index (χ2n) is 8.91. The van der Waals surface area contributed by atoms with Crippen molar-refractivity contribution in [3.63, 3.8) is 0 Å². The lowest BCUT2D eigenvalue weighted by atomic mass is 9.97. The Balaban J connectivity index is 1.32. The Morgan fingerprint density at radius 1 is 0.933 bits per heavy atom. The molecule has 0 radical (unpaired) electrons. The molecular weight excluding hydrogens is 380 g/mol. The lowest BCUT2D eigenvalue weighted by Crippen LogP contribution is -2.42. The molecule has 2 amide bonds. The van der Waals surface area contributed by atoms with Crippen molar-refractivity contribution >= 4 is 11.8 Å². The third-order valence-electron chi connectivity index (χ3n) is 6.70. The van der Waals surface area contributed by atoms with Gasteiger partial charge in [-0.3, -0.25) is 9.59 Å². The first-order chi connectivity index (χ1) is 14.7. The first-order valence-corrected chi connectivity index (χ1v) is 11.6. The van der Waals surface area contributed by atoms with Crippen LogP contribution in [0, 0.1) is 11.8 Å². The van der Waals surface area contributed by atoms with Crippen LogP contribution in [-0.2, 0) is 9.53 Å². The van der Waals surface area contributed by atoms with Gasteiger partial charge in [-0.15, -0.1) is 0 Å². The summed E-state index contributed by atoms with van der Waals surface area (Å²) in [4.78, 5) is 29.5. The molecule has 1 aliphatic carbocycles. The monoisotopic (exact) mass is 414 g/mol. The van der Waals surface area contributed by atoms with E-state index in [0.717, 1.165) is 25.9 Å². The smallest absolute Gasteiger partial charge is 0.257 e. The van der Waals surface area contributed by atoms with Gasteiger partial charge in [0.2, 0.25) is 5.91 Å². The number of rotatable bonds is 6. The standard InChI is InChI=1S/C24H34N2O4/c27-23(16-19-6-1-2-7-19)26-11-5-8-20(17-26)18-30-22-10-4-3-9-21(22)24(28)25-12-14-29-15-13-25/h3-4,9-10,19-20H,1-2,5-8,11-18H2. The van der Waals surface area contributed by atoms with Gasteiger partial charge in [0, 0.05) is 38.5 Å². The van der Waals surface area contributed by atoms with Gasteiger partial charge in [0.25, 0.3) is 5.91 Å². The van der Waals surface area contributed by atoms with Gasteiger partial charge in [0.05, 0.1) is 25.4 Å². The summed E-state index contributed by atoms with van der Waals surface area (Å²) >= 11 is 0. The van der Waals surface area contributed by atoms with Crippen LogP contribution in [0.25, 0.3) is 0 Å². The Kier molecular flexibility index (Phi) is 7.26. The van der Waals surface area contributed by atoms with E-state index in [9.17, 15) is 9.59 Å². The summed E-state index contributed by atoms with van der Waals surface area (Å²) < 4.78 is 11.5. The molecule has 2 saturated heterocycles. The fourth-order valence-electron chi connectivity index (χ4n) is 4.93. The normalized spacial score (nSPS) is 22.9. The van der Waals surface area contributed by atoms with Crippen LogP contribution in [0.5, 0.6) is 5.75 Å². The van der Waals surface area contributed by atoms with Crippen LogP contribution in [0.2, 0.25) is 0 Å². The number of piperidine rings is 1. The van der Waals surface area contributed by atoms with E-state index < -0.39 is 0 Å². The number of amides is 2. The van der Waals surface area contributed by atoms with Gasteiger partial charge >= 0.3 is 0 Å². The molecule has 0 bridgehead atoms. The van der Waals surface area contributed by atoms with Crippen molar-refractivity contribution in [2.75, 3.05) is 46.0 Å². The Hall–Kier alpha value is -2.08. The number of benzene rings is 1. The Morgan fingerprint density at radius 2 is 1.67 bits per heavy atom. The zero-order valence-corrected chi connectivity index (χ0v) is 17.9.